The Kier molecular flexibility index (Phi) is 4.56. The largest absolute Gasteiger partial charge is 0.466 e. The number of benzene rings is 2. The van der Waals surface area contributed by atoms with E-state index < -0.39 is 6.10 Å². The maximum Gasteiger partial charge on any atom is 0.251 e. The summed E-state index contributed by atoms with van der Waals surface area (Å²) in [5.41, 5.74) is 0.635. The lowest BCUT2D eigenvalue weighted by Gasteiger charge is -2.06. The van der Waals surface area contributed by atoms with Gasteiger partial charge in [0.15, 0.2) is 0 Å². The van der Waals surface area contributed by atoms with Gasteiger partial charge in [-0.3, -0.25) is 4.79 Å². The molecule has 2 aromatic carbocycles. The maximum atomic E-state index is 12.4. The third-order valence-electron chi connectivity index (χ3n) is 4.20. The van der Waals surface area contributed by atoms with Crippen LogP contribution in [0.3, 0.4) is 0 Å². The average molecular weight is 363 g/mol. The van der Waals surface area contributed by atoms with E-state index in [1.54, 1.807) is 12.1 Å². The topological polar surface area (TPSA) is 62.5 Å². The first kappa shape index (κ1) is 16.6. The van der Waals surface area contributed by atoms with Crippen LogP contribution in [-0.4, -0.2) is 11.0 Å². The third-order valence-corrected chi connectivity index (χ3v) is 5.34. The first-order valence-electron chi connectivity index (χ1n) is 8.28. The number of fused-ring (bicyclic) bond motifs is 1. The number of thiophene rings is 1. The van der Waals surface area contributed by atoms with Crippen LogP contribution in [0, 0.1) is 0 Å². The van der Waals surface area contributed by atoms with Crippen LogP contribution in [0.1, 0.15) is 32.0 Å². The van der Waals surface area contributed by atoms with E-state index >= 15 is 0 Å². The molecule has 2 heterocycles. The van der Waals surface area contributed by atoms with Gasteiger partial charge in [0.05, 0.1) is 12.8 Å². The highest BCUT2D eigenvalue weighted by atomic mass is 32.1. The summed E-state index contributed by atoms with van der Waals surface area (Å²) in [7, 11) is 0. The van der Waals surface area contributed by atoms with Crippen LogP contribution in [-0.2, 0) is 6.54 Å². The second-order valence-electron chi connectivity index (χ2n) is 5.97. The van der Waals surface area contributed by atoms with Gasteiger partial charge in [0.25, 0.3) is 5.91 Å². The molecule has 26 heavy (non-hydrogen) atoms. The van der Waals surface area contributed by atoms with Crippen molar-refractivity contribution in [1.82, 2.24) is 5.32 Å². The van der Waals surface area contributed by atoms with Crippen molar-refractivity contribution in [1.29, 1.82) is 0 Å². The summed E-state index contributed by atoms with van der Waals surface area (Å²) in [6.45, 7) is 0.418. The Labute approximate surface area is 154 Å². The predicted molar refractivity (Wildman–Crippen MR) is 102 cm³/mol. The standard InChI is InChI=1S/C21H17NO3S/c23-20(18-6-3-11-25-18)19-10-9-17(26-19)13-22-21(24)16-8-7-14-4-1-2-5-15(14)12-16/h1-12,20,23H,13H2,(H,22,24). The summed E-state index contributed by atoms with van der Waals surface area (Å²) in [6.07, 6.45) is 0.761. The van der Waals surface area contributed by atoms with Gasteiger partial charge in [-0.15, -0.1) is 11.3 Å². The fourth-order valence-corrected chi connectivity index (χ4v) is 3.77. The molecule has 2 N–H and O–H groups in total. The Hall–Kier alpha value is -2.89. The van der Waals surface area contributed by atoms with E-state index in [1.807, 2.05) is 54.6 Å². The molecule has 4 nitrogen and oxygen atoms in total. The highest BCUT2D eigenvalue weighted by Crippen LogP contribution is 2.28. The van der Waals surface area contributed by atoms with E-state index in [0.29, 0.717) is 17.9 Å². The van der Waals surface area contributed by atoms with Gasteiger partial charge in [-0.1, -0.05) is 30.3 Å². The van der Waals surface area contributed by atoms with E-state index in [0.717, 1.165) is 20.5 Å². The number of aliphatic hydroxyl groups is 1. The second kappa shape index (κ2) is 7.15. The number of carbonyl (C=O) groups is 1. The lowest BCUT2D eigenvalue weighted by atomic mass is 10.1. The van der Waals surface area contributed by atoms with Gasteiger partial charge >= 0.3 is 0 Å². The molecule has 1 atom stereocenters. The molecule has 0 saturated carbocycles. The van der Waals surface area contributed by atoms with E-state index in [1.165, 1.54) is 17.6 Å². The van der Waals surface area contributed by atoms with Crippen molar-refractivity contribution < 1.29 is 14.3 Å². The molecule has 0 radical (unpaired) electrons. The molecule has 0 aliphatic heterocycles. The lowest BCUT2D eigenvalue weighted by molar-refractivity contribution is 0.0951. The lowest BCUT2D eigenvalue weighted by Crippen LogP contribution is -2.22. The monoisotopic (exact) mass is 363 g/mol. The van der Waals surface area contributed by atoms with Gasteiger partial charge in [-0.2, -0.15) is 0 Å². The van der Waals surface area contributed by atoms with Crippen LogP contribution in [0.4, 0.5) is 0 Å². The van der Waals surface area contributed by atoms with Gasteiger partial charge in [0.1, 0.15) is 11.9 Å². The highest BCUT2D eigenvalue weighted by Gasteiger charge is 2.16. The molecule has 0 spiro atoms. The average Bonchev–Trinajstić information content (AvgIpc) is 3.37. The molecule has 0 saturated heterocycles. The van der Waals surface area contributed by atoms with Crippen molar-refractivity contribution in [2.45, 2.75) is 12.6 Å². The van der Waals surface area contributed by atoms with Crippen molar-refractivity contribution in [2.24, 2.45) is 0 Å². The summed E-state index contributed by atoms with van der Waals surface area (Å²) in [4.78, 5) is 14.2. The summed E-state index contributed by atoms with van der Waals surface area (Å²) >= 11 is 1.45. The Morgan fingerprint density at radius 2 is 1.88 bits per heavy atom. The number of hydrogen-bond acceptors (Lipinski definition) is 4. The molecular formula is C21H17NO3S. The number of nitrogens with one attached hydrogen (secondary N) is 1. The zero-order valence-corrected chi connectivity index (χ0v) is 14.7. The number of carbonyl (C=O) groups excluding carboxylic acids is 1. The minimum Gasteiger partial charge on any atom is -0.466 e. The minimum atomic E-state index is -0.778. The van der Waals surface area contributed by atoms with Crippen LogP contribution in [0.15, 0.2) is 77.4 Å². The molecule has 0 fully saturated rings. The smallest absolute Gasteiger partial charge is 0.251 e. The molecule has 0 aliphatic carbocycles. The molecule has 1 amide bonds. The Morgan fingerprint density at radius 3 is 2.69 bits per heavy atom. The number of rotatable bonds is 5. The summed E-state index contributed by atoms with van der Waals surface area (Å²) in [6, 6.07) is 20.9. The second-order valence-corrected chi connectivity index (χ2v) is 7.17. The first-order chi connectivity index (χ1) is 12.7. The Bertz CT molecular complexity index is 1040. The molecule has 0 bridgehead atoms. The van der Waals surface area contributed by atoms with Crippen LogP contribution in [0.2, 0.25) is 0 Å². The van der Waals surface area contributed by atoms with Crippen molar-refractivity contribution in [3.63, 3.8) is 0 Å². The SMILES string of the molecule is O=C(NCc1ccc(C(O)c2ccco2)s1)c1ccc2ccccc2c1. The molecule has 1 unspecified atom stereocenters. The zero-order valence-electron chi connectivity index (χ0n) is 13.9. The fourth-order valence-electron chi connectivity index (χ4n) is 2.82. The van der Waals surface area contributed by atoms with E-state index in [4.69, 9.17) is 4.42 Å². The molecule has 130 valence electrons. The van der Waals surface area contributed by atoms with Crippen LogP contribution in [0.25, 0.3) is 10.8 Å². The number of amides is 1. The van der Waals surface area contributed by atoms with Gasteiger partial charge in [0.2, 0.25) is 0 Å². The summed E-state index contributed by atoms with van der Waals surface area (Å²) in [5, 5.41) is 15.4. The van der Waals surface area contributed by atoms with Gasteiger partial charge in [0, 0.05) is 15.3 Å². The van der Waals surface area contributed by atoms with E-state index in [2.05, 4.69) is 5.32 Å². The molecule has 2 aromatic heterocycles. The quantitative estimate of drug-likeness (QED) is 0.548. The van der Waals surface area contributed by atoms with Crippen LogP contribution >= 0.6 is 11.3 Å². The maximum absolute atomic E-state index is 12.4. The molecule has 4 rings (SSSR count). The Morgan fingerprint density at radius 1 is 1.04 bits per heavy atom. The molecule has 5 heteroatoms. The van der Waals surface area contributed by atoms with Crippen molar-refractivity contribution >= 4 is 28.0 Å². The predicted octanol–water partition coefficient (Wildman–Crippen LogP) is 4.51. The van der Waals surface area contributed by atoms with Gasteiger partial charge in [-0.05, 0) is 47.2 Å². The summed E-state index contributed by atoms with van der Waals surface area (Å²) < 4.78 is 5.24. The number of furan rings is 1. The number of aliphatic hydroxyl groups excluding tert-OH is 1. The van der Waals surface area contributed by atoms with Gasteiger partial charge in [-0.25, -0.2) is 0 Å². The van der Waals surface area contributed by atoms with E-state index in [9.17, 15) is 9.90 Å². The normalized spacial score (nSPS) is 12.2. The fraction of sp³-hybridized carbons (Fsp3) is 0.0952. The van der Waals surface area contributed by atoms with Crippen molar-refractivity contribution in [3.05, 3.63) is 94.1 Å². The number of hydrogen-bond donors (Lipinski definition) is 2. The third kappa shape index (κ3) is 3.40. The Balaban J connectivity index is 1.42. The molecule has 0 aliphatic rings. The van der Waals surface area contributed by atoms with Crippen molar-refractivity contribution in [3.8, 4) is 0 Å². The molecule has 4 aromatic rings. The summed E-state index contributed by atoms with van der Waals surface area (Å²) in [5.74, 6) is 0.399. The van der Waals surface area contributed by atoms with Crippen LogP contribution < -0.4 is 5.32 Å². The van der Waals surface area contributed by atoms with E-state index in [-0.39, 0.29) is 5.91 Å². The highest BCUT2D eigenvalue weighted by molar-refractivity contribution is 7.12. The first-order valence-corrected chi connectivity index (χ1v) is 9.09. The van der Waals surface area contributed by atoms with Crippen molar-refractivity contribution in [2.75, 3.05) is 0 Å². The minimum absolute atomic E-state index is 0.114. The van der Waals surface area contributed by atoms with Crippen LogP contribution in [0.5, 0.6) is 0 Å². The molecular weight excluding hydrogens is 346 g/mol. The van der Waals surface area contributed by atoms with Gasteiger partial charge < -0.3 is 14.8 Å². The zero-order chi connectivity index (χ0) is 17.9.